The van der Waals surface area contributed by atoms with Crippen LogP contribution in [0.2, 0.25) is 0 Å². The quantitative estimate of drug-likeness (QED) is 0.341. The fourth-order valence-corrected chi connectivity index (χ4v) is 4.43. The summed E-state index contributed by atoms with van der Waals surface area (Å²) in [5.74, 6) is 0.948. The van der Waals surface area contributed by atoms with Crippen LogP contribution in [0.4, 0.5) is 10.1 Å². The van der Waals surface area contributed by atoms with Gasteiger partial charge in [-0.25, -0.2) is 4.39 Å². The van der Waals surface area contributed by atoms with Crippen LogP contribution >= 0.6 is 0 Å². The summed E-state index contributed by atoms with van der Waals surface area (Å²) in [6.45, 7) is 0.590. The number of carbonyl (C=O) groups excluding carboxylic acids is 2. The van der Waals surface area contributed by atoms with Crippen molar-refractivity contribution in [3.8, 4) is 17.2 Å². The number of benzene rings is 4. The lowest BCUT2D eigenvalue weighted by Gasteiger charge is -2.30. The summed E-state index contributed by atoms with van der Waals surface area (Å²) in [5, 5.41) is 2.89. The van der Waals surface area contributed by atoms with Gasteiger partial charge in [0.2, 0.25) is 6.79 Å². The van der Waals surface area contributed by atoms with Crippen LogP contribution in [-0.4, -0.2) is 18.6 Å². The normalized spacial score (nSPS) is 14.6. The molecule has 4 aromatic carbocycles. The Morgan fingerprint density at radius 2 is 1.67 bits per heavy atom. The molecular formula is C31H23FN2O5. The minimum absolute atomic E-state index is 0.0612. The second-order valence-electron chi connectivity index (χ2n) is 9.05. The fraction of sp³-hybridized carbons (Fsp3) is 0.0968. The van der Waals surface area contributed by atoms with Gasteiger partial charge in [0.1, 0.15) is 5.82 Å². The number of hydrogen-bond acceptors (Lipinski definition) is 5. The van der Waals surface area contributed by atoms with E-state index in [0.29, 0.717) is 46.2 Å². The first-order valence-corrected chi connectivity index (χ1v) is 12.4. The number of rotatable bonds is 6. The maximum absolute atomic E-state index is 14.4. The van der Waals surface area contributed by atoms with Gasteiger partial charge in [-0.3, -0.25) is 14.5 Å². The largest absolute Gasteiger partial charge is 0.454 e. The summed E-state index contributed by atoms with van der Waals surface area (Å²) in [6.07, 6.45) is 1.61. The van der Waals surface area contributed by atoms with E-state index in [1.165, 1.54) is 11.0 Å². The number of carbonyl (C=O) groups is 2. The maximum Gasteiger partial charge on any atom is 0.294 e. The molecule has 0 bridgehead atoms. The van der Waals surface area contributed by atoms with E-state index >= 15 is 0 Å². The van der Waals surface area contributed by atoms with E-state index in [2.05, 4.69) is 5.32 Å². The zero-order valence-electron chi connectivity index (χ0n) is 20.7. The summed E-state index contributed by atoms with van der Waals surface area (Å²) in [7, 11) is 0. The highest BCUT2D eigenvalue weighted by Crippen LogP contribution is 2.37. The Labute approximate surface area is 224 Å². The van der Waals surface area contributed by atoms with E-state index in [1.54, 1.807) is 66.7 Å². The number of amides is 2. The van der Waals surface area contributed by atoms with Crippen molar-refractivity contribution in [1.29, 1.82) is 0 Å². The molecule has 2 aliphatic rings. The van der Waals surface area contributed by atoms with E-state index in [4.69, 9.17) is 14.2 Å². The minimum atomic E-state index is -0.387. The van der Waals surface area contributed by atoms with Gasteiger partial charge < -0.3 is 19.5 Å². The predicted octanol–water partition coefficient (Wildman–Crippen LogP) is 5.45. The second-order valence-corrected chi connectivity index (χ2v) is 9.05. The molecule has 0 spiro atoms. The summed E-state index contributed by atoms with van der Waals surface area (Å²) in [5.41, 5.74) is 3.01. The predicted molar refractivity (Wildman–Crippen MR) is 143 cm³/mol. The van der Waals surface area contributed by atoms with Crippen LogP contribution in [0.1, 0.15) is 27.0 Å². The third kappa shape index (κ3) is 5.04. The second kappa shape index (κ2) is 10.3. The van der Waals surface area contributed by atoms with Crippen LogP contribution in [0.5, 0.6) is 17.2 Å². The number of nitrogens with zero attached hydrogens (tertiary/aromatic N) is 1. The molecule has 0 aliphatic carbocycles. The SMILES string of the molecule is O=C(NCc1ccc2c(c1)OCO2)c1ccc(/C=C2\Oc3ccccc3N(Cc3ccccc3F)C2=O)cc1. The molecule has 0 saturated heterocycles. The zero-order valence-corrected chi connectivity index (χ0v) is 20.7. The zero-order chi connectivity index (χ0) is 26.8. The van der Waals surface area contributed by atoms with Gasteiger partial charge in [0, 0.05) is 17.7 Å². The summed E-state index contributed by atoms with van der Waals surface area (Å²) >= 11 is 0. The average Bonchev–Trinajstić information content (AvgIpc) is 3.43. The van der Waals surface area contributed by atoms with Crippen LogP contribution in [0, 0.1) is 5.82 Å². The van der Waals surface area contributed by atoms with E-state index in [-0.39, 0.29) is 36.7 Å². The molecule has 2 heterocycles. The smallest absolute Gasteiger partial charge is 0.294 e. The van der Waals surface area contributed by atoms with Crippen LogP contribution < -0.4 is 24.4 Å². The number of nitrogens with one attached hydrogen (secondary N) is 1. The van der Waals surface area contributed by atoms with Gasteiger partial charge in [-0.05, 0) is 59.7 Å². The summed E-state index contributed by atoms with van der Waals surface area (Å²) in [6, 6.07) is 25.9. The number of ether oxygens (including phenoxy) is 3. The van der Waals surface area contributed by atoms with Crippen LogP contribution in [0.15, 0.2) is 96.8 Å². The third-order valence-electron chi connectivity index (χ3n) is 6.48. The highest BCUT2D eigenvalue weighted by Gasteiger charge is 2.30. The standard InChI is InChI=1S/C31H23FN2O5/c32-24-6-2-1-5-23(24)18-34-25-7-3-4-8-26(25)39-29(31(34)36)15-20-9-12-22(13-10-20)30(35)33-17-21-11-14-27-28(16-21)38-19-37-27/h1-16H,17-19H2,(H,33,35)/b29-15-. The average molecular weight is 523 g/mol. The Bertz CT molecular complexity index is 1600. The van der Waals surface area contributed by atoms with Crippen molar-refractivity contribution in [3.05, 3.63) is 125 Å². The molecule has 0 radical (unpaired) electrons. The van der Waals surface area contributed by atoms with Crippen molar-refractivity contribution in [2.45, 2.75) is 13.1 Å². The van der Waals surface area contributed by atoms with Gasteiger partial charge in [-0.1, -0.05) is 48.5 Å². The van der Waals surface area contributed by atoms with Crippen molar-refractivity contribution in [2.75, 3.05) is 11.7 Å². The molecule has 6 rings (SSSR count). The molecule has 0 atom stereocenters. The van der Waals surface area contributed by atoms with Gasteiger partial charge in [0.15, 0.2) is 23.0 Å². The molecule has 7 nitrogen and oxygen atoms in total. The first-order valence-electron chi connectivity index (χ1n) is 12.4. The lowest BCUT2D eigenvalue weighted by Crippen LogP contribution is -2.37. The number of para-hydroxylation sites is 2. The molecule has 0 unspecified atom stereocenters. The van der Waals surface area contributed by atoms with Gasteiger partial charge >= 0.3 is 0 Å². The molecule has 39 heavy (non-hydrogen) atoms. The van der Waals surface area contributed by atoms with Gasteiger partial charge in [-0.15, -0.1) is 0 Å². The Kier molecular flexibility index (Phi) is 6.42. The van der Waals surface area contributed by atoms with E-state index in [0.717, 1.165) is 5.56 Å². The Hall–Kier alpha value is -5.11. The number of hydrogen-bond donors (Lipinski definition) is 1. The molecule has 0 fully saturated rings. The molecule has 2 amide bonds. The first kappa shape index (κ1) is 24.2. The van der Waals surface area contributed by atoms with Gasteiger partial charge in [-0.2, -0.15) is 0 Å². The van der Waals surface area contributed by atoms with Crippen molar-refractivity contribution < 1.29 is 28.2 Å². The van der Waals surface area contributed by atoms with Crippen molar-refractivity contribution >= 4 is 23.6 Å². The van der Waals surface area contributed by atoms with Crippen LogP contribution in [0.25, 0.3) is 6.08 Å². The Morgan fingerprint density at radius 3 is 2.51 bits per heavy atom. The lowest BCUT2D eigenvalue weighted by atomic mass is 10.1. The highest BCUT2D eigenvalue weighted by molar-refractivity contribution is 6.09. The number of halogens is 1. The summed E-state index contributed by atoms with van der Waals surface area (Å²) in [4.78, 5) is 27.6. The molecule has 0 aromatic heterocycles. The molecule has 2 aliphatic heterocycles. The van der Waals surface area contributed by atoms with Crippen LogP contribution in [-0.2, 0) is 17.9 Å². The van der Waals surface area contributed by atoms with Crippen LogP contribution in [0.3, 0.4) is 0 Å². The molecule has 1 N–H and O–H groups in total. The van der Waals surface area contributed by atoms with Gasteiger partial charge in [0.05, 0.1) is 12.2 Å². The maximum atomic E-state index is 14.4. The van der Waals surface area contributed by atoms with E-state index in [9.17, 15) is 14.0 Å². The Morgan fingerprint density at radius 1 is 0.897 bits per heavy atom. The topological polar surface area (TPSA) is 77.1 Å². The fourth-order valence-electron chi connectivity index (χ4n) is 4.43. The van der Waals surface area contributed by atoms with Gasteiger partial charge in [0.25, 0.3) is 11.8 Å². The number of fused-ring (bicyclic) bond motifs is 2. The third-order valence-corrected chi connectivity index (χ3v) is 6.48. The van der Waals surface area contributed by atoms with Crippen molar-refractivity contribution in [1.82, 2.24) is 5.32 Å². The Balaban J connectivity index is 1.17. The number of anilines is 1. The first-order chi connectivity index (χ1) is 19.0. The minimum Gasteiger partial charge on any atom is -0.454 e. The van der Waals surface area contributed by atoms with E-state index < -0.39 is 0 Å². The lowest BCUT2D eigenvalue weighted by molar-refractivity contribution is -0.117. The van der Waals surface area contributed by atoms with Crippen molar-refractivity contribution in [2.24, 2.45) is 0 Å². The molecule has 4 aromatic rings. The summed E-state index contributed by atoms with van der Waals surface area (Å²) < 4.78 is 31.0. The highest BCUT2D eigenvalue weighted by atomic mass is 19.1. The molecule has 0 saturated carbocycles. The molecular weight excluding hydrogens is 499 g/mol. The van der Waals surface area contributed by atoms with Crippen molar-refractivity contribution in [3.63, 3.8) is 0 Å². The van der Waals surface area contributed by atoms with E-state index in [1.807, 2.05) is 24.3 Å². The monoisotopic (exact) mass is 522 g/mol. The molecule has 8 heteroatoms. The molecule has 194 valence electrons.